The molecule has 3 heterocycles. The highest BCUT2D eigenvalue weighted by molar-refractivity contribution is 6.01. The summed E-state index contributed by atoms with van der Waals surface area (Å²) in [5.74, 6) is -1.02. The first-order chi connectivity index (χ1) is 7.27. The number of pyridine rings is 1. The quantitative estimate of drug-likeness (QED) is 0.619. The highest BCUT2D eigenvalue weighted by Crippen LogP contribution is 2.24. The highest BCUT2D eigenvalue weighted by Gasteiger charge is 2.21. The summed E-state index contributed by atoms with van der Waals surface area (Å²) >= 11 is 0. The molecule has 1 aliphatic rings. The van der Waals surface area contributed by atoms with Gasteiger partial charge in [-0.3, -0.25) is 5.10 Å². The van der Waals surface area contributed by atoms with Crippen molar-refractivity contribution in [2.24, 2.45) is 0 Å². The Balaban J connectivity index is 2.42. The number of aromatic amines is 1. The lowest BCUT2D eigenvalue weighted by molar-refractivity contribution is 0.0692. The zero-order valence-electron chi connectivity index (χ0n) is 7.74. The van der Waals surface area contributed by atoms with Gasteiger partial charge in [-0.25, -0.2) is 9.78 Å². The van der Waals surface area contributed by atoms with Gasteiger partial charge in [0.15, 0.2) is 5.69 Å². The van der Waals surface area contributed by atoms with Gasteiger partial charge in [0.2, 0.25) is 0 Å². The number of carboxylic acid groups (broad SMARTS) is 1. The van der Waals surface area contributed by atoms with E-state index in [0.717, 1.165) is 16.8 Å². The van der Waals surface area contributed by atoms with Crippen LogP contribution in [0.1, 0.15) is 21.7 Å². The molecule has 0 atom stereocenters. The fourth-order valence-corrected chi connectivity index (χ4v) is 1.91. The van der Waals surface area contributed by atoms with Crippen molar-refractivity contribution in [1.29, 1.82) is 0 Å². The summed E-state index contributed by atoms with van der Waals surface area (Å²) in [6, 6.07) is 0. The number of hydrogen-bond donors (Lipinski definition) is 3. The largest absolute Gasteiger partial charge is 0.476 e. The van der Waals surface area contributed by atoms with Crippen molar-refractivity contribution < 1.29 is 9.90 Å². The minimum absolute atomic E-state index is 0.0706. The van der Waals surface area contributed by atoms with E-state index in [2.05, 4.69) is 20.5 Å². The molecular formula is C9H8N4O2. The van der Waals surface area contributed by atoms with E-state index in [9.17, 15) is 4.79 Å². The summed E-state index contributed by atoms with van der Waals surface area (Å²) in [6.07, 6.45) is 1.50. The second-order valence-corrected chi connectivity index (χ2v) is 3.45. The number of carbonyl (C=O) groups is 1. The summed E-state index contributed by atoms with van der Waals surface area (Å²) in [4.78, 5) is 15.1. The van der Waals surface area contributed by atoms with Crippen LogP contribution >= 0.6 is 0 Å². The second-order valence-electron chi connectivity index (χ2n) is 3.45. The van der Waals surface area contributed by atoms with Crippen LogP contribution in [0.3, 0.4) is 0 Å². The van der Waals surface area contributed by atoms with Gasteiger partial charge in [-0.2, -0.15) is 5.10 Å². The molecule has 0 aliphatic carbocycles. The molecule has 2 aromatic rings. The smallest absolute Gasteiger partial charge is 0.355 e. The lowest BCUT2D eigenvalue weighted by Crippen LogP contribution is -2.04. The third kappa shape index (κ3) is 1.05. The molecule has 0 bridgehead atoms. The number of nitrogens with zero attached hydrogens (tertiary/aromatic N) is 2. The Labute approximate surface area is 84.3 Å². The first-order valence-corrected chi connectivity index (χ1v) is 4.56. The Kier molecular flexibility index (Phi) is 1.54. The molecular weight excluding hydrogens is 196 g/mol. The number of H-pyrrole nitrogens is 1. The van der Waals surface area contributed by atoms with Gasteiger partial charge in [0.05, 0.1) is 22.8 Å². The lowest BCUT2D eigenvalue weighted by Gasteiger charge is -2.01. The average Bonchev–Trinajstić information content (AvgIpc) is 2.83. The summed E-state index contributed by atoms with van der Waals surface area (Å²) in [6.45, 7) is 1.32. The Morgan fingerprint density at radius 2 is 2.33 bits per heavy atom. The molecule has 6 heteroatoms. The van der Waals surface area contributed by atoms with Crippen molar-refractivity contribution in [2.75, 3.05) is 0 Å². The Hall–Kier alpha value is -1.95. The van der Waals surface area contributed by atoms with Gasteiger partial charge in [0.1, 0.15) is 0 Å². The minimum atomic E-state index is -1.02. The van der Waals surface area contributed by atoms with E-state index in [-0.39, 0.29) is 5.69 Å². The van der Waals surface area contributed by atoms with E-state index >= 15 is 0 Å². The van der Waals surface area contributed by atoms with Crippen LogP contribution in [0.5, 0.6) is 0 Å². The van der Waals surface area contributed by atoms with Crippen LogP contribution in [0.4, 0.5) is 0 Å². The number of hydrogen-bond acceptors (Lipinski definition) is 4. The standard InChI is InChI=1S/C9H8N4O2/c14-9(15)8-5-2-11-13-7(5)4-1-10-3-6(4)12-8/h2,10H,1,3H2,(H,11,13)(H,14,15). The summed E-state index contributed by atoms with van der Waals surface area (Å²) in [5, 5.41) is 19.4. The number of aromatic nitrogens is 3. The minimum Gasteiger partial charge on any atom is -0.476 e. The van der Waals surface area contributed by atoms with Gasteiger partial charge in [0.25, 0.3) is 0 Å². The normalized spacial score (nSPS) is 14.4. The molecule has 0 saturated carbocycles. The van der Waals surface area contributed by atoms with Gasteiger partial charge in [-0.1, -0.05) is 0 Å². The van der Waals surface area contributed by atoms with Crippen LogP contribution in [0.25, 0.3) is 10.9 Å². The monoisotopic (exact) mass is 204 g/mol. The Bertz CT molecular complexity index is 560. The predicted molar refractivity (Wildman–Crippen MR) is 51.4 cm³/mol. The molecule has 0 saturated heterocycles. The average molecular weight is 204 g/mol. The summed E-state index contributed by atoms with van der Waals surface area (Å²) < 4.78 is 0. The molecule has 0 unspecified atom stereocenters. The second kappa shape index (κ2) is 2.77. The van der Waals surface area contributed by atoms with E-state index in [0.29, 0.717) is 18.5 Å². The van der Waals surface area contributed by atoms with Crippen molar-refractivity contribution in [3.8, 4) is 0 Å². The zero-order chi connectivity index (χ0) is 10.4. The van der Waals surface area contributed by atoms with Crippen LogP contribution in [-0.4, -0.2) is 26.3 Å². The maximum absolute atomic E-state index is 11.0. The molecule has 1 aliphatic heterocycles. The molecule has 3 N–H and O–H groups in total. The fourth-order valence-electron chi connectivity index (χ4n) is 1.91. The molecule has 76 valence electrons. The summed E-state index contributed by atoms with van der Waals surface area (Å²) in [5.41, 5.74) is 2.67. The SMILES string of the molecule is O=C(O)c1nc2c(c3[nH]ncc13)CNC2. The lowest BCUT2D eigenvalue weighted by atomic mass is 10.1. The maximum atomic E-state index is 11.0. The number of nitrogens with one attached hydrogen (secondary N) is 2. The molecule has 0 fully saturated rings. The molecule has 0 spiro atoms. The van der Waals surface area contributed by atoms with E-state index < -0.39 is 5.97 Å². The van der Waals surface area contributed by atoms with Gasteiger partial charge in [-0.05, 0) is 0 Å². The first kappa shape index (κ1) is 8.37. The van der Waals surface area contributed by atoms with Gasteiger partial charge < -0.3 is 10.4 Å². The van der Waals surface area contributed by atoms with Crippen LogP contribution in [0, 0.1) is 0 Å². The van der Waals surface area contributed by atoms with Gasteiger partial charge in [0, 0.05) is 18.7 Å². The molecule has 2 aromatic heterocycles. The van der Waals surface area contributed by atoms with E-state index in [1.54, 1.807) is 0 Å². The van der Waals surface area contributed by atoms with E-state index in [4.69, 9.17) is 5.11 Å². The number of rotatable bonds is 1. The van der Waals surface area contributed by atoms with Crippen molar-refractivity contribution in [3.63, 3.8) is 0 Å². The molecule has 0 aromatic carbocycles. The third-order valence-corrected chi connectivity index (χ3v) is 2.59. The van der Waals surface area contributed by atoms with Gasteiger partial charge in [-0.15, -0.1) is 0 Å². The van der Waals surface area contributed by atoms with Crippen molar-refractivity contribution in [1.82, 2.24) is 20.5 Å². The topological polar surface area (TPSA) is 90.9 Å². The number of fused-ring (bicyclic) bond motifs is 3. The molecule has 0 amide bonds. The Morgan fingerprint density at radius 3 is 3.13 bits per heavy atom. The molecule has 3 rings (SSSR count). The highest BCUT2D eigenvalue weighted by atomic mass is 16.4. The van der Waals surface area contributed by atoms with Crippen LogP contribution < -0.4 is 5.32 Å². The number of aromatic carboxylic acids is 1. The number of carboxylic acids is 1. The van der Waals surface area contributed by atoms with E-state index in [1.807, 2.05) is 0 Å². The molecule has 15 heavy (non-hydrogen) atoms. The Morgan fingerprint density at radius 1 is 1.47 bits per heavy atom. The van der Waals surface area contributed by atoms with Crippen LogP contribution in [-0.2, 0) is 13.1 Å². The molecule has 6 nitrogen and oxygen atoms in total. The molecule has 0 radical (unpaired) electrons. The fraction of sp³-hybridized carbons (Fsp3) is 0.222. The first-order valence-electron chi connectivity index (χ1n) is 4.56. The van der Waals surface area contributed by atoms with E-state index in [1.165, 1.54) is 6.20 Å². The third-order valence-electron chi connectivity index (χ3n) is 2.59. The predicted octanol–water partition coefficient (Wildman–Crippen LogP) is 0.259. The van der Waals surface area contributed by atoms with Crippen molar-refractivity contribution >= 4 is 16.9 Å². The van der Waals surface area contributed by atoms with Crippen LogP contribution in [0.2, 0.25) is 0 Å². The van der Waals surface area contributed by atoms with Crippen molar-refractivity contribution in [3.05, 3.63) is 23.1 Å². The van der Waals surface area contributed by atoms with Gasteiger partial charge >= 0.3 is 5.97 Å². The zero-order valence-corrected chi connectivity index (χ0v) is 7.74. The summed E-state index contributed by atoms with van der Waals surface area (Å²) in [7, 11) is 0. The van der Waals surface area contributed by atoms with Crippen molar-refractivity contribution in [2.45, 2.75) is 13.1 Å². The van der Waals surface area contributed by atoms with Crippen LogP contribution in [0.15, 0.2) is 6.20 Å². The maximum Gasteiger partial charge on any atom is 0.355 e.